The molecule has 0 spiro atoms. The molecule has 0 fully saturated rings. The summed E-state index contributed by atoms with van der Waals surface area (Å²) < 4.78 is 0. The fourth-order valence-corrected chi connectivity index (χ4v) is 2.38. The van der Waals surface area contributed by atoms with Crippen LogP contribution in [0.5, 0.6) is 0 Å². The SMILES string of the molecule is CSc1ccccc1NC(=O)c1ccc(C)c(C)c1. The first-order valence-corrected chi connectivity index (χ1v) is 7.36. The van der Waals surface area contributed by atoms with E-state index in [1.54, 1.807) is 11.8 Å². The van der Waals surface area contributed by atoms with Gasteiger partial charge in [-0.3, -0.25) is 4.79 Å². The van der Waals surface area contributed by atoms with Crippen LogP contribution in [-0.4, -0.2) is 12.2 Å². The van der Waals surface area contributed by atoms with Crippen molar-refractivity contribution in [2.75, 3.05) is 11.6 Å². The van der Waals surface area contributed by atoms with Crippen molar-refractivity contribution in [1.29, 1.82) is 0 Å². The molecule has 2 rings (SSSR count). The summed E-state index contributed by atoms with van der Waals surface area (Å²) >= 11 is 1.62. The van der Waals surface area contributed by atoms with E-state index < -0.39 is 0 Å². The van der Waals surface area contributed by atoms with Crippen molar-refractivity contribution in [3.8, 4) is 0 Å². The van der Waals surface area contributed by atoms with E-state index in [-0.39, 0.29) is 5.91 Å². The molecule has 0 atom stereocenters. The number of para-hydroxylation sites is 1. The molecule has 1 N–H and O–H groups in total. The van der Waals surface area contributed by atoms with E-state index in [1.807, 2.05) is 62.6 Å². The minimum Gasteiger partial charge on any atom is -0.321 e. The summed E-state index contributed by atoms with van der Waals surface area (Å²) in [6, 6.07) is 13.6. The third-order valence-corrected chi connectivity index (χ3v) is 3.92. The third-order valence-electron chi connectivity index (χ3n) is 3.12. The highest BCUT2D eigenvalue weighted by molar-refractivity contribution is 7.98. The fourth-order valence-electron chi connectivity index (χ4n) is 1.83. The van der Waals surface area contributed by atoms with E-state index >= 15 is 0 Å². The second-order valence-electron chi connectivity index (χ2n) is 4.45. The smallest absolute Gasteiger partial charge is 0.255 e. The number of hydrogen-bond acceptors (Lipinski definition) is 2. The summed E-state index contributed by atoms with van der Waals surface area (Å²) in [7, 11) is 0. The molecule has 2 aromatic rings. The highest BCUT2D eigenvalue weighted by Crippen LogP contribution is 2.25. The number of rotatable bonds is 3. The summed E-state index contributed by atoms with van der Waals surface area (Å²) in [5.41, 5.74) is 3.88. The number of thioether (sulfide) groups is 1. The Morgan fingerprint density at radius 2 is 1.79 bits per heavy atom. The van der Waals surface area contributed by atoms with Crippen LogP contribution < -0.4 is 5.32 Å². The first kappa shape index (κ1) is 13.7. The maximum Gasteiger partial charge on any atom is 0.255 e. The molecule has 0 aliphatic rings. The van der Waals surface area contributed by atoms with Crippen molar-refractivity contribution in [1.82, 2.24) is 0 Å². The van der Waals surface area contributed by atoms with Crippen molar-refractivity contribution in [3.05, 3.63) is 59.2 Å². The highest BCUT2D eigenvalue weighted by atomic mass is 32.2. The summed E-state index contributed by atoms with van der Waals surface area (Å²) in [5, 5.41) is 2.96. The molecule has 0 aliphatic heterocycles. The van der Waals surface area contributed by atoms with Gasteiger partial charge in [-0.2, -0.15) is 0 Å². The molecule has 0 aromatic heterocycles. The number of carbonyl (C=O) groups is 1. The molecule has 2 aromatic carbocycles. The molecule has 0 unspecified atom stereocenters. The Labute approximate surface area is 118 Å². The van der Waals surface area contributed by atoms with Gasteiger partial charge in [0.2, 0.25) is 0 Å². The van der Waals surface area contributed by atoms with Gasteiger partial charge in [-0.15, -0.1) is 11.8 Å². The Balaban J connectivity index is 2.23. The van der Waals surface area contributed by atoms with Gasteiger partial charge >= 0.3 is 0 Å². The number of anilines is 1. The Morgan fingerprint density at radius 1 is 1.05 bits per heavy atom. The van der Waals surface area contributed by atoms with Gasteiger partial charge in [0.25, 0.3) is 5.91 Å². The van der Waals surface area contributed by atoms with E-state index in [0.29, 0.717) is 5.56 Å². The number of benzene rings is 2. The van der Waals surface area contributed by atoms with E-state index in [2.05, 4.69) is 5.32 Å². The van der Waals surface area contributed by atoms with Crippen LogP contribution in [0.2, 0.25) is 0 Å². The molecule has 3 heteroatoms. The molecule has 0 aliphatic carbocycles. The van der Waals surface area contributed by atoms with Crippen LogP contribution in [0.25, 0.3) is 0 Å². The zero-order valence-corrected chi connectivity index (χ0v) is 12.2. The van der Waals surface area contributed by atoms with Gasteiger partial charge in [0.1, 0.15) is 0 Å². The molecule has 0 radical (unpaired) electrons. The molecular weight excluding hydrogens is 254 g/mol. The van der Waals surface area contributed by atoms with E-state index in [0.717, 1.165) is 16.1 Å². The van der Waals surface area contributed by atoms with Crippen LogP contribution in [0.4, 0.5) is 5.69 Å². The molecule has 2 nitrogen and oxygen atoms in total. The second kappa shape index (κ2) is 5.93. The fraction of sp³-hybridized carbons (Fsp3) is 0.188. The Morgan fingerprint density at radius 3 is 2.47 bits per heavy atom. The lowest BCUT2D eigenvalue weighted by atomic mass is 10.1. The predicted octanol–water partition coefficient (Wildman–Crippen LogP) is 4.28. The molecule has 19 heavy (non-hydrogen) atoms. The topological polar surface area (TPSA) is 29.1 Å². The average Bonchev–Trinajstić information content (AvgIpc) is 2.42. The van der Waals surface area contributed by atoms with Gasteiger partial charge in [-0.25, -0.2) is 0 Å². The molecule has 1 amide bonds. The Bertz CT molecular complexity index is 607. The standard InChI is InChI=1S/C16H17NOS/c1-11-8-9-13(10-12(11)2)16(18)17-14-6-4-5-7-15(14)19-3/h4-10H,1-3H3,(H,17,18). The minimum atomic E-state index is -0.0652. The van der Waals surface area contributed by atoms with Gasteiger partial charge < -0.3 is 5.32 Å². The van der Waals surface area contributed by atoms with Crippen LogP contribution in [-0.2, 0) is 0 Å². The minimum absolute atomic E-state index is 0.0652. The van der Waals surface area contributed by atoms with Crippen molar-refractivity contribution < 1.29 is 4.79 Å². The molecule has 0 saturated carbocycles. The number of aryl methyl sites for hydroxylation is 2. The zero-order chi connectivity index (χ0) is 13.8. The van der Waals surface area contributed by atoms with Gasteiger partial charge in [-0.05, 0) is 55.5 Å². The molecule has 0 saturated heterocycles. The lowest BCUT2D eigenvalue weighted by Crippen LogP contribution is -2.12. The van der Waals surface area contributed by atoms with Crippen molar-refractivity contribution >= 4 is 23.4 Å². The number of carbonyl (C=O) groups excluding carboxylic acids is 1. The summed E-state index contributed by atoms with van der Waals surface area (Å²) in [4.78, 5) is 13.3. The van der Waals surface area contributed by atoms with Crippen molar-refractivity contribution in [3.63, 3.8) is 0 Å². The average molecular weight is 271 g/mol. The Kier molecular flexibility index (Phi) is 4.27. The number of nitrogens with one attached hydrogen (secondary N) is 1. The first-order chi connectivity index (χ1) is 9.11. The van der Waals surface area contributed by atoms with Crippen LogP contribution in [0.1, 0.15) is 21.5 Å². The maximum absolute atomic E-state index is 12.2. The monoisotopic (exact) mass is 271 g/mol. The Hall–Kier alpha value is -1.74. The second-order valence-corrected chi connectivity index (χ2v) is 5.30. The largest absolute Gasteiger partial charge is 0.321 e. The van der Waals surface area contributed by atoms with Gasteiger partial charge in [0.15, 0.2) is 0 Å². The lowest BCUT2D eigenvalue weighted by Gasteiger charge is -2.10. The van der Waals surface area contributed by atoms with Crippen molar-refractivity contribution in [2.45, 2.75) is 18.7 Å². The third kappa shape index (κ3) is 3.18. The van der Waals surface area contributed by atoms with E-state index in [1.165, 1.54) is 5.56 Å². The first-order valence-electron chi connectivity index (χ1n) is 6.13. The van der Waals surface area contributed by atoms with Gasteiger partial charge in [0.05, 0.1) is 5.69 Å². The summed E-state index contributed by atoms with van der Waals surface area (Å²) in [5.74, 6) is -0.0652. The maximum atomic E-state index is 12.2. The number of amides is 1. The van der Waals surface area contributed by atoms with Crippen LogP contribution in [0, 0.1) is 13.8 Å². The zero-order valence-electron chi connectivity index (χ0n) is 11.4. The van der Waals surface area contributed by atoms with Gasteiger partial charge in [-0.1, -0.05) is 18.2 Å². The van der Waals surface area contributed by atoms with E-state index in [4.69, 9.17) is 0 Å². The van der Waals surface area contributed by atoms with Crippen LogP contribution in [0.3, 0.4) is 0 Å². The molecule has 0 heterocycles. The van der Waals surface area contributed by atoms with Gasteiger partial charge in [0, 0.05) is 10.5 Å². The molecular formula is C16H17NOS. The molecule has 98 valence electrons. The van der Waals surface area contributed by atoms with Crippen LogP contribution >= 0.6 is 11.8 Å². The van der Waals surface area contributed by atoms with E-state index in [9.17, 15) is 4.79 Å². The number of hydrogen-bond donors (Lipinski definition) is 1. The lowest BCUT2D eigenvalue weighted by molar-refractivity contribution is 0.102. The van der Waals surface area contributed by atoms with Crippen LogP contribution in [0.15, 0.2) is 47.4 Å². The summed E-state index contributed by atoms with van der Waals surface area (Å²) in [6.07, 6.45) is 2.00. The van der Waals surface area contributed by atoms with Crippen molar-refractivity contribution in [2.24, 2.45) is 0 Å². The highest BCUT2D eigenvalue weighted by Gasteiger charge is 2.09. The molecule has 0 bridgehead atoms. The normalized spacial score (nSPS) is 10.3. The predicted molar refractivity (Wildman–Crippen MR) is 82.1 cm³/mol. The quantitative estimate of drug-likeness (QED) is 0.844. The summed E-state index contributed by atoms with van der Waals surface area (Å²) in [6.45, 7) is 4.06.